The summed E-state index contributed by atoms with van der Waals surface area (Å²) in [5, 5.41) is 23.5. The summed E-state index contributed by atoms with van der Waals surface area (Å²) in [5.74, 6) is -0.0538. The molecule has 21 heavy (non-hydrogen) atoms. The normalized spacial score (nSPS) is 12.7. The Labute approximate surface area is 125 Å². The first-order valence-corrected chi connectivity index (χ1v) is 6.87. The van der Waals surface area contributed by atoms with E-state index in [0.29, 0.717) is 11.6 Å². The van der Waals surface area contributed by atoms with Gasteiger partial charge in [-0.15, -0.1) is 0 Å². The lowest BCUT2D eigenvalue weighted by molar-refractivity contribution is -0.112. The van der Waals surface area contributed by atoms with E-state index in [9.17, 15) is 4.79 Å². The molecule has 5 heteroatoms. The summed E-state index contributed by atoms with van der Waals surface area (Å²) in [7, 11) is 0. The van der Waals surface area contributed by atoms with Crippen LogP contribution in [0.4, 0.5) is 5.69 Å². The van der Waals surface area contributed by atoms with E-state index in [1.807, 2.05) is 30.3 Å². The van der Waals surface area contributed by atoms with Crippen molar-refractivity contribution >= 4 is 11.6 Å². The molecule has 0 fully saturated rings. The topological polar surface area (TPSA) is 85.2 Å². The molecule has 0 aliphatic carbocycles. The smallest absolute Gasteiger partial charge is 0.267 e. The van der Waals surface area contributed by atoms with Crippen molar-refractivity contribution in [1.29, 1.82) is 5.26 Å². The third-order valence-corrected chi connectivity index (χ3v) is 2.86. The van der Waals surface area contributed by atoms with Crippen LogP contribution < -0.4 is 10.6 Å². The van der Waals surface area contributed by atoms with Gasteiger partial charge in [0.1, 0.15) is 11.6 Å². The summed E-state index contributed by atoms with van der Waals surface area (Å²) < 4.78 is 0. The van der Waals surface area contributed by atoms with Crippen molar-refractivity contribution < 1.29 is 9.90 Å². The van der Waals surface area contributed by atoms with E-state index in [1.165, 1.54) is 11.8 Å². The van der Waals surface area contributed by atoms with Crippen molar-refractivity contribution in [3.63, 3.8) is 0 Å². The van der Waals surface area contributed by atoms with Crippen LogP contribution in [0.3, 0.4) is 0 Å². The number of aliphatic hydroxyl groups is 1. The fraction of sp³-hybridized carbons (Fsp3) is 0.375. The number of amides is 1. The number of nitrogens with zero attached hydrogens (tertiary/aromatic N) is 1. The van der Waals surface area contributed by atoms with Crippen LogP contribution in [0.5, 0.6) is 0 Å². The highest BCUT2D eigenvalue weighted by Crippen LogP contribution is 2.17. The molecule has 1 rings (SSSR count). The lowest BCUT2D eigenvalue weighted by atomic mass is 10.0. The summed E-state index contributed by atoms with van der Waals surface area (Å²) >= 11 is 0. The van der Waals surface area contributed by atoms with Gasteiger partial charge in [-0.3, -0.25) is 4.79 Å². The zero-order chi connectivity index (χ0) is 15.8. The minimum Gasteiger partial charge on any atom is -0.392 e. The van der Waals surface area contributed by atoms with E-state index in [0.717, 1.165) is 0 Å². The third-order valence-electron chi connectivity index (χ3n) is 2.86. The number of benzene rings is 1. The largest absolute Gasteiger partial charge is 0.392 e. The molecule has 112 valence electrons. The van der Waals surface area contributed by atoms with Gasteiger partial charge in [0.15, 0.2) is 0 Å². The van der Waals surface area contributed by atoms with Crippen LogP contribution in [-0.4, -0.2) is 23.7 Å². The Morgan fingerprint density at radius 2 is 1.95 bits per heavy atom. The van der Waals surface area contributed by atoms with Crippen LogP contribution in [0.2, 0.25) is 0 Å². The summed E-state index contributed by atoms with van der Waals surface area (Å²) in [6.07, 6.45) is 0.762. The van der Waals surface area contributed by atoms with Gasteiger partial charge in [-0.05, 0) is 30.5 Å². The van der Waals surface area contributed by atoms with Crippen LogP contribution in [0.25, 0.3) is 0 Å². The molecule has 0 aromatic heterocycles. The van der Waals surface area contributed by atoms with Crippen molar-refractivity contribution in [3.8, 4) is 6.07 Å². The molecule has 0 saturated carbocycles. The first kappa shape index (κ1) is 16.7. The number of carbonyl (C=O) groups excluding carboxylic acids is 1. The van der Waals surface area contributed by atoms with Crippen LogP contribution >= 0.6 is 0 Å². The average molecular weight is 287 g/mol. The predicted octanol–water partition coefficient (Wildman–Crippen LogP) is 2.13. The van der Waals surface area contributed by atoms with Gasteiger partial charge in [0.05, 0.1) is 6.10 Å². The molecule has 0 bridgehead atoms. The molecule has 1 unspecified atom stereocenters. The number of carbonyl (C=O) groups is 1. The summed E-state index contributed by atoms with van der Waals surface area (Å²) in [6, 6.07) is 9.34. The highest BCUT2D eigenvalue weighted by molar-refractivity contribution is 6.06. The van der Waals surface area contributed by atoms with E-state index in [1.54, 1.807) is 6.92 Å². The number of anilines is 1. The predicted molar refractivity (Wildman–Crippen MR) is 82.5 cm³/mol. The van der Waals surface area contributed by atoms with Gasteiger partial charge >= 0.3 is 0 Å². The molecule has 1 amide bonds. The SMILES string of the molecule is CC(O)CN/C=C(/C#N)C(=O)Nc1ccc(C(C)C)cc1. The molecular formula is C16H21N3O2. The maximum Gasteiger partial charge on any atom is 0.267 e. The summed E-state index contributed by atoms with van der Waals surface area (Å²) in [4.78, 5) is 11.9. The van der Waals surface area contributed by atoms with Gasteiger partial charge < -0.3 is 15.7 Å². The molecular weight excluding hydrogens is 266 g/mol. The Kier molecular flexibility index (Phi) is 6.44. The molecule has 5 nitrogen and oxygen atoms in total. The van der Waals surface area contributed by atoms with Crippen molar-refractivity contribution in [2.75, 3.05) is 11.9 Å². The molecule has 3 N–H and O–H groups in total. The quantitative estimate of drug-likeness (QED) is 0.552. The summed E-state index contributed by atoms with van der Waals surface area (Å²) in [5.41, 5.74) is 1.78. The number of hydrogen-bond acceptors (Lipinski definition) is 4. The minimum atomic E-state index is -0.548. The molecule has 0 aliphatic heterocycles. The van der Waals surface area contributed by atoms with Crippen molar-refractivity contribution in [1.82, 2.24) is 5.32 Å². The van der Waals surface area contributed by atoms with E-state index in [4.69, 9.17) is 10.4 Å². The molecule has 1 atom stereocenters. The second-order valence-electron chi connectivity index (χ2n) is 5.16. The molecule has 0 heterocycles. The zero-order valence-corrected chi connectivity index (χ0v) is 12.6. The van der Waals surface area contributed by atoms with Crippen molar-refractivity contribution in [2.45, 2.75) is 32.8 Å². The van der Waals surface area contributed by atoms with Crippen molar-refractivity contribution in [2.24, 2.45) is 0 Å². The van der Waals surface area contributed by atoms with Gasteiger partial charge in [0.2, 0.25) is 0 Å². The van der Waals surface area contributed by atoms with E-state index in [2.05, 4.69) is 24.5 Å². The molecule has 0 saturated heterocycles. The molecule has 0 radical (unpaired) electrons. The van der Waals surface area contributed by atoms with E-state index in [-0.39, 0.29) is 12.1 Å². The third kappa shape index (κ3) is 5.67. The molecule has 0 aliphatic rings. The minimum absolute atomic E-state index is 0.0383. The van der Waals surface area contributed by atoms with Gasteiger partial charge in [0, 0.05) is 18.4 Å². The maximum absolute atomic E-state index is 11.9. The molecule has 1 aromatic carbocycles. The number of nitrogens with one attached hydrogen (secondary N) is 2. The highest BCUT2D eigenvalue weighted by atomic mass is 16.3. The van der Waals surface area contributed by atoms with Crippen LogP contribution in [0, 0.1) is 11.3 Å². The maximum atomic E-state index is 11.9. The number of aliphatic hydroxyl groups excluding tert-OH is 1. The Morgan fingerprint density at radius 1 is 1.33 bits per heavy atom. The fourth-order valence-electron chi connectivity index (χ4n) is 1.63. The number of rotatable bonds is 6. The number of hydrogen-bond donors (Lipinski definition) is 3. The van der Waals surface area contributed by atoms with E-state index < -0.39 is 12.0 Å². The van der Waals surface area contributed by atoms with Gasteiger partial charge in [-0.1, -0.05) is 26.0 Å². The Bertz CT molecular complexity index is 540. The van der Waals surface area contributed by atoms with Crippen molar-refractivity contribution in [3.05, 3.63) is 41.6 Å². The Morgan fingerprint density at radius 3 is 2.43 bits per heavy atom. The van der Waals surface area contributed by atoms with Gasteiger partial charge in [0.25, 0.3) is 5.91 Å². The van der Waals surface area contributed by atoms with Crippen LogP contribution in [0.15, 0.2) is 36.0 Å². The van der Waals surface area contributed by atoms with Gasteiger partial charge in [-0.2, -0.15) is 5.26 Å². The summed E-state index contributed by atoms with van der Waals surface area (Å²) in [6.45, 7) is 6.08. The first-order valence-electron chi connectivity index (χ1n) is 6.87. The van der Waals surface area contributed by atoms with Crippen LogP contribution in [0.1, 0.15) is 32.3 Å². The average Bonchev–Trinajstić information content (AvgIpc) is 2.43. The number of nitriles is 1. The highest BCUT2D eigenvalue weighted by Gasteiger charge is 2.09. The second-order valence-corrected chi connectivity index (χ2v) is 5.16. The Balaban J connectivity index is 2.68. The van der Waals surface area contributed by atoms with E-state index >= 15 is 0 Å². The lowest BCUT2D eigenvalue weighted by Crippen LogP contribution is -2.22. The zero-order valence-electron chi connectivity index (χ0n) is 12.6. The second kappa shape index (κ2) is 8.08. The Hall–Kier alpha value is -2.32. The molecule has 1 aromatic rings. The first-order chi connectivity index (χ1) is 9.93. The fourth-order valence-corrected chi connectivity index (χ4v) is 1.63. The monoisotopic (exact) mass is 287 g/mol. The standard InChI is InChI=1S/C16H21N3O2/c1-11(2)13-4-6-15(7-5-13)19-16(21)14(8-17)10-18-9-12(3)20/h4-7,10-12,18,20H,9H2,1-3H3,(H,19,21)/b14-10-. The van der Waals surface area contributed by atoms with Crippen LogP contribution in [-0.2, 0) is 4.79 Å². The van der Waals surface area contributed by atoms with Gasteiger partial charge in [-0.25, -0.2) is 0 Å². The molecule has 0 spiro atoms. The lowest BCUT2D eigenvalue weighted by Gasteiger charge is -2.08.